The van der Waals surface area contributed by atoms with Gasteiger partial charge in [-0.2, -0.15) is 0 Å². The molecule has 5 nitrogen and oxygen atoms in total. The topological polar surface area (TPSA) is 75.4 Å². The monoisotopic (exact) mass is 370 g/mol. The van der Waals surface area contributed by atoms with Gasteiger partial charge in [0.1, 0.15) is 0 Å². The Morgan fingerprint density at radius 3 is 2.81 bits per heavy atom. The molecule has 0 saturated carbocycles. The first kappa shape index (κ1) is 18.4. The molecule has 2 aromatic heterocycles. The Labute approximate surface area is 156 Å². The summed E-state index contributed by atoms with van der Waals surface area (Å²) in [5.41, 5.74) is 2.16. The first-order valence-corrected chi connectivity index (χ1v) is 9.49. The summed E-state index contributed by atoms with van der Waals surface area (Å²) in [6.07, 6.45) is 2.93. The first-order chi connectivity index (χ1) is 12.7. The fourth-order valence-corrected chi connectivity index (χ4v) is 3.48. The largest absolute Gasteiger partial charge is 0.441 e. The summed E-state index contributed by atoms with van der Waals surface area (Å²) in [7, 11) is 0. The van der Waals surface area contributed by atoms with Crippen LogP contribution in [0.5, 0.6) is 0 Å². The van der Waals surface area contributed by atoms with Crippen molar-refractivity contribution in [3.63, 3.8) is 0 Å². The van der Waals surface area contributed by atoms with Crippen LogP contribution in [0.1, 0.15) is 35.2 Å². The normalized spacial score (nSPS) is 12.1. The van der Waals surface area contributed by atoms with Gasteiger partial charge in [-0.1, -0.05) is 35.9 Å². The molecule has 0 radical (unpaired) electrons. The maximum Gasteiger partial charge on any atom is 0.221 e. The predicted octanol–water partition coefficient (Wildman–Crippen LogP) is 3.88. The molecular weight excluding hydrogens is 348 g/mol. The first-order valence-electron chi connectivity index (χ1n) is 8.61. The van der Waals surface area contributed by atoms with E-state index >= 15 is 0 Å². The molecule has 0 bridgehead atoms. The summed E-state index contributed by atoms with van der Waals surface area (Å²) in [6.45, 7) is 2.07. The fraction of sp³-hybridized carbons (Fsp3) is 0.300. The summed E-state index contributed by atoms with van der Waals surface area (Å²) < 4.78 is 5.76. The van der Waals surface area contributed by atoms with Crippen LogP contribution in [0.15, 0.2) is 52.4 Å². The highest BCUT2D eigenvalue weighted by molar-refractivity contribution is 7.10. The molecule has 1 aromatic carbocycles. The van der Waals surface area contributed by atoms with Crippen LogP contribution in [0.2, 0.25) is 0 Å². The lowest BCUT2D eigenvalue weighted by molar-refractivity contribution is -0.122. The summed E-state index contributed by atoms with van der Waals surface area (Å²) >= 11 is 1.57. The average molecular weight is 370 g/mol. The second-order valence-electron chi connectivity index (χ2n) is 6.13. The Morgan fingerprint density at radius 2 is 2.12 bits per heavy atom. The van der Waals surface area contributed by atoms with Crippen LogP contribution >= 0.6 is 11.3 Å². The summed E-state index contributed by atoms with van der Waals surface area (Å²) in [4.78, 5) is 17.6. The number of aromatic nitrogens is 1. The molecule has 6 heteroatoms. The lowest BCUT2D eigenvalue weighted by Gasteiger charge is -2.16. The molecular formula is C20H22N2O3S. The molecule has 3 rings (SSSR count). The van der Waals surface area contributed by atoms with Crippen molar-refractivity contribution in [3.8, 4) is 11.3 Å². The number of aliphatic hydroxyl groups excluding tert-OH is 1. The Morgan fingerprint density at radius 1 is 1.31 bits per heavy atom. The van der Waals surface area contributed by atoms with Crippen LogP contribution in [-0.2, 0) is 11.2 Å². The number of benzene rings is 1. The van der Waals surface area contributed by atoms with E-state index in [4.69, 9.17) is 4.42 Å². The molecule has 0 aliphatic rings. The second-order valence-corrected chi connectivity index (χ2v) is 7.11. The number of oxazole rings is 1. The average Bonchev–Trinajstić information content (AvgIpc) is 3.32. The van der Waals surface area contributed by atoms with E-state index in [1.54, 1.807) is 17.5 Å². The van der Waals surface area contributed by atoms with E-state index in [0.717, 1.165) is 10.4 Å². The Kier molecular flexibility index (Phi) is 6.20. The van der Waals surface area contributed by atoms with Crippen molar-refractivity contribution in [2.75, 3.05) is 6.61 Å². The van der Waals surface area contributed by atoms with Gasteiger partial charge in [0.2, 0.25) is 5.91 Å². The van der Waals surface area contributed by atoms with Crippen LogP contribution in [0, 0.1) is 6.92 Å². The second kappa shape index (κ2) is 8.78. The van der Waals surface area contributed by atoms with Crippen LogP contribution < -0.4 is 5.32 Å². The molecule has 2 heterocycles. The number of aliphatic hydroxyl groups is 1. The summed E-state index contributed by atoms with van der Waals surface area (Å²) in [5, 5.41) is 14.2. The van der Waals surface area contributed by atoms with Crippen molar-refractivity contribution in [2.45, 2.75) is 32.2 Å². The van der Waals surface area contributed by atoms with Crippen molar-refractivity contribution in [1.29, 1.82) is 0 Å². The van der Waals surface area contributed by atoms with Gasteiger partial charge in [-0.05, 0) is 24.8 Å². The van der Waals surface area contributed by atoms with Gasteiger partial charge < -0.3 is 14.8 Å². The number of aryl methyl sites for hydroxylation is 2. The summed E-state index contributed by atoms with van der Waals surface area (Å²) in [6, 6.07) is 11.8. The number of nitrogens with one attached hydrogen (secondary N) is 1. The van der Waals surface area contributed by atoms with Gasteiger partial charge in [-0.25, -0.2) is 4.98 Å². The molecule has 1 amide bonds. The van der Waals surface area contributed by atoms with Gasteiger partial charge in [-0.15, -0.1) is 11.3 Å². The molecule has 2 N–H and O–H groups in total. The highest BCUT2D eigenvalue weighted by Gasteiger charge is 2.16. The van der Waals surface area contributed by atoms with E-state index in [1.165, 1.54) is 5.56 Å². The van der Waals surface area contributed by atoms with E-state index < -0.39 is 0 Å². The maximum atomic E-state index is 12.3. The number of carbonyl (C=O) groups is 1. The van der Waals surface area contributed by atoms with E-state index in [9.17, 15) is 9.90 Å². The molecule has 0 aliphatic heterocycles. The minimum atomic E-state index is -0.153. The van der Waals surface area contributed by atoms with Crippen molar-refractivity contribution < 1.29 is 14.3 Å². The van der Waals surface area contributed by atoms with Crippen LogP contribution in [0.4, 0.5) is 0 Å². The Hall–Kier alpha value is -2.44. The third-order valence-corrected chi connectivity index (χ3v) is 5.08. The molecule has 26 heavy (non-hydrogen) atoms. The molecule has 0 spiro atoms. The number of thiophene rings is 1. The smallest absolute Gasteiger partial charge is 0.221 e. The van der Waals surface area contributed by atoms with Crippen LogP contribution in [-0.4, -0.2) is 22.6 Å². The van der Waals surface area contributed by atoms with E-state index in [2.05, 4.69) is 10.3 Å². The number of carbonyl (C=O) groups excluding carboxylic acids is 1. The standard InChI is InChI=1S/C20H22N2O3S/c1-14-4-6-15(7-5-14)17-13-21-20(25-17)9-8-19(24)22-16(10-11-23)18-3-2-12-26-18/h2-7,12-13,16,23H,8-11H2,1H3,(H,22,24)/t16-/m0/s1. The number of rotatable bonds is 8. The summed E-state index contributed by atoms with van der Waals surface area (Å²) in [5.74, 6) is 1.18. The Balaban J connectivity index is 1.55. The van der Waals surface area contributed by atoms with Crippen molar-refractivity contribution in [1.82, 2.24) is 10.3 Å². The zero-order valence-corrected chi connectivity index (χ0v) is 15.5. The van der Waals surface area contributed by atoms with Crippen molar-refractivity contribution in [3.05, 3.63) is 64.3 Å². The van der Waals surface area contributed by atoms with E-state index in [0.29, 0.717) is 30.9 Å². The van der Waals surface area contributed by atoms with E-state index in [1.807, 2.05) is 48.7 Å². The number of hydrogen-bond donors (Lipinski definition) is 2. The van der Waals surface area contributed by atoms with Crippen LogP contribution in [0.3, 0.4) is 0 Å². The Bertz CT molecular complexity index is 825. The van der Waals surface area contributed by atoms with Gasteiger partial charge >= 0.3 is 0 Å². The zero-order chi connectivity index (χ0) is 18.4. The lowest BCUT2D eigenvalue weighted by atomic mass is 10.1. The van der Waals surface area contributed by atoms with Crippen molar-refractivity contribution in [2.24, 2.45) is 0 Å². The third kappa shape index (κ3) is 4.80. The highest BCUT2D eigenvalue weighted by Crippen LogP contribution is 2.23. The maximum absolute atomic E-state index is 12.3. The highest BCUT2D eigenvalue weighted by atomic mass is 32.1. The number of hydrogen-bond acceptors (Lipinski definition) is 5. The van der Waals surface area contributed by atoms with Gasteiger partial charge in [0.25, 0.3) is 0 Å². The van der Waals surface area contributed by atoms with Gasteiger partial charge in [-0.3, -0.25) is 4.79 Å². The fourth-order valence-electron chi connectivity index (χ4n) is 2.67. The van der Waals surface area contributed by atoms with Crippen LogP contribution in [0.25, 0.3) is 11.3 Å². The molecule has 0 unspecified atom stereocenters. The molecule has 136 valence electrons. The van der Waals surface area contributed by atoms with Crippen molar-refractivity contribution >= 4 is 17.2 Å². The van der Waals surface area contributed by atoms with E-state index in [-0.39, 0.29) is 18.6 Å². The van der Waals surface area contributed by atoms with Gasteiger partial charge in [0.05, 0.1) is 12.2 Å². The number of nitrogens with zero attached hydrogens (tertiary/aromatic N) is 1. The van der Waals surface area contributed by atoms with Gasteiger partial charge in [0.15, 0.2) is 11.7 Å². The molecule has 0 aliphatic carbocycles. The molecule has 0 fully saturated rings. The van der Waals surface area contributed by atoms with Gasteiger partial charge in [0, 0.05) is 29.9 Å². The SMILES string of the molecule is Cc1ccc(-c2cnc(CCC(=O)N[C@@H](CCO)c3cccs3)o2)cc1. The molecule has 1 atom stereocenters. The number of amides is 1. The predicted molar refractivity (Wildman–Crippen MR) is 102 cm³/mol. The minimum Gasteiger partial charge on any atom is -0.441 e. The minimum absolute atomic E-state index is 0.0303. The quantitative estimate of drug-likeness (QED) is 0.631. The lowest BCUT2D eigenvalue weighted by Crippen LogP contribution is -2.28. The molecule has 3 aromatic rings. The zero-order valence-electron chi connectivity index (χ0n) is 14.6. The third-order valence-electron chi connectivity index (χ3n) is 4.10. The molecule has 0 saturated heterocycles.